The van der Waals surface area contributed by atoms with Gasteiger partial charge in [0.1, 0.15) is 39.5 Å². The van der Waals surface area contributed by atoms with Crippen molar-refractivity contribution >= 4 is 35.8 Å². The Bertz CT molecular complexity index is 1010. The van der Waals surface area contributed by atoms with Gasteiger partial charge in [-0.3, -0.25) is 0 Å². The molecule has 0 aromatic heterocycles. The summed E-state index contributed by atoms with van der Waals surface area (Å²) >= 11 is 0. The molecule has 0 amide bonds. The van der Waals surface area contributed by atoms with Crippen LogP contribution in [0.25, 0.3) is 0 Å². The lowest BCUT2D eigenvalue weighted by atomic mass is 10.1. The molecule has 5 N–H and O–H groups in total. The van der Waals surface area contributed by atoms with E-state index in [1.165, 1.54) is 0 Å². The molecule has 0 fully saturated rings. The molecule has 4 atom stereocenters. The fraction of sp³-hybridized carbons (Fsp3) is 0.842. The predicted octanol–water partition coefficient (Wildman–Crippen LogP) is -4.25. The van der Waals surface area contributed by atoms with Crippen LogP contribution in [0.2, 0.25) is 0 Å². The van der Waals surface area contributed by atoms with Crippen LogP contribution >= 0.6 is 0 Å². The predicted molar refractivity (Wildman–Crippen MR) is 208 cm³/mol. The highest BCUT2D eigenvalue weighted by Gasteiger charge is 2.23. The van der Waals surface area contributed by atoms with Crippen molar-refractivity contribution in [2.24, 2.45) is 17.8 Å². The maximum Gasteiger partial charge on any atom is 0.335 e. The highest BCUT2D eigenvalue weighted by atomic mass is 16.6. The van der Waals surface area contributed by atoms with Crippen LogP contribution in [-0.4, -0.2) is 209 Å². The van der Waals surface area contributed by atoms with Crippen LogP contribution in [0.4, 0.5) is 0 Å². The number of likely N-dealkylation sites (N-methyl/N-ethyl adjacent to an activating group) is 3. The topological polar surface area (TPSA) is 300 Å². The Balaban J connectivity index is -0.000000148. The molecule has 348 valence electrons. The number of aliphatic hydroxyl groups excluding tert-OH is 5. The fourth-order valence-corrected chi connectivity index (χ4v) is 2.50. The summed E-state index contributed by atoms with van der Waals surface area (Å²) in [4.78, 5) is 61.0. The molecule has 0 spiro atoms. The monoisotopic (exact) mass is 850 g/mol. The lowest BCUT2D eigenvalue weighted by molar-refractivity contribution is -0.870. The van der Waals surface area contributed by atoms with Gasteiger partial charge in [0, 0.05) is 5.97 Å². The molecule has 20 heteroatoms. The number of quaternary nitrogens is 3. The molecule has 20 nitrogen and oxygen atoms in total. The summed E-state index contributed by atoms with van der Waals surface area (Å²) in [5.41, 5.74) is 0. The lowest BCUT2D eigenvalue weighted by Gasteiger charge is -2.23. The van der Waals surface area contributed by atoms with E-state index in [0.717, 1.165) is 40.0 Å². The molecule has 0 aromatic rings. The molecule has 58 heavy (non-hydrogen) atoms. The van der Waals surface area contributed by atoms with Gasteiger partial charge in [0.25, 0.3) is 0 Å². The summed E-state index contributed by atoms with van der Waals surface area (Å²) in [7, 11) is 18.2. The minimum atomic E-state index is -1.44. The number of esters is 3. The Kier molecular flexibility index (Phi) is 40.5. The third-order valence-electron chi connectivity index (χ3n) is 6.43. The molecule has 0 saturated heterocycles. The van der Waals surface area contributed by atoms with Gasteiger partial charge in [0.15, 0.2) is 18.3 Å². The second-order valence-corrected chi connectivity index (χ2v) is 16.9. The molecule has 0 saturated carbocycles. The van der Waals surface area contributed by atoms with Crippen LogP contribution in [-0.2, 0) is 43.0 Å². The van der Waals surface area contributed by atoms with E-state index in [1.54, 1.807) is 48.5 Å². The average molecular weight is 850 g/mol. The number of rotatable bonds is 18. The molecule has 0 aliphatic rings. The number of aliphatic hydroxyl groups is 5. The van der Waals surface area contributed by atoms with E-state index in [1.807, 2.05) is 63.4 Å². The quantitative estimate of drug-likeness (QED) is 0.0496. The maximum absolute atomic E-state index is 11.2. The molecule has 0 heterocycles. The first-order valence-corrected chi connectivity index (χ1v) is 18.7. The fourth-order valence-electron chi connectivity index (χ4n) is 2.50. The van der Waals surface area contributed by atoms with Crippen molar-refractivity contribution in [3.8, 4) is 0 Å². The molecule has 0 aliphatic carbocycles. The minimum Gasteiger partial charge on any atom is -0.550 e. The summed E-state index contributed by atoms with van der Waals surface area (Å²) < 4.78 is 17.0. The number of aliphatic carboxylic acids is 3. The van der Waals surface area contributed by atoms with Crippen LogP contribution in [0.15, 0.2) is 0 Å². The Labute approximate surface area is 346 Å². The Hall–Kier alpha value is -3.50. The molecule has 0 aromatic carbocycles. The number of carbonyl (C=O) groups is 6. The highest BCUT2D eigenvalue weighted by Crippen LogP contribution is 2.05. The van der Waals surface area contributed by atoms with Gasteiger partial charge in [-0.25, -0.2) is 14.4 Å². The minimum absolute atomic E-state index is 0.0911. The summed E-state index contributed by atoms with van der Waals surface area (Å²) in [5, 5.41) is 71.3. The van der Waals surface area contributed by atoms with E-state index in [4.69, 9.17) is 44.2 Å². The number of carboxylic acids is 3. The molecule has 4 unspecified atom stereocenters. The van der Waals surface area contributed by atoms with Crippen LogP contribution in [0.1, 0.15) is 61.8 Å². The summed E-state index contributed by atoms with van der Waals surface area (Å²) in [6, 6.07) is 0. The zero-order chi connectivity index (χ0) is 47.8. The van der Waals surface area contributed by atoms with Crippen molar-refractivity contribution in [1.82, 2.24) is 0 Å². The third-order valence-corrected chi connectivity index (χ3v) is 6.43. The maximum atomic E-state index is 11.2. The van der Waals surface area contributed by atoms with E-state index >= 15 is 0 Å². The lowest BCUT2D eigenvalue weighted by Crippen LogP contribution is -2.39. The van der Waals surface area contributed by atoms with Gasteiger partial charge in [-0.15, -0.1) is 0 Å². The second kappa shape index (κ2) is 35.4. The van der Waals surface area contributed by atoms with Gasteiger partial charge in [0.05, 0.1) is 88.1 Å². The van der Waals surface area contributed by atoms with Gasteiger partial charge in [0.2, 0.25) is 0 Å². The van der Waals surface area contributed by atoms with Crippen molar-refractivity contribution < 1.29 is 97.3 Å². The molecular formula is C38H79N3O17. The first-order valence-electron chi connectivity index (χ1n) is 18.7. The van der Waals surface area contributed by atoms with E-state index < -0.39 is 66.8 Å². The largest absolute Gasteiger partial charge is 0.550 e. The SMILES string of the molecule is CC(=O)[O-].CC(C)C(O)C(=O)OCC[N+](C)(C)C.CC(C)C(O)C(=O)OCC[N+](C)(C)C.CC(C)C(O)C(=O)OCC[N+](C)(C)C.CCC(O)C(=O)[O-].O=C([O-])CO. The number of carbonyl (C=O) groups excluding carboxylic acids is 6. The van der Waals surface area contributed by atoms with Gasteiger partial charge in [-0.05, 0) is 31.1 Å². The Morgan fingerprint density at radius 2 is 0.707 bits per heavy atom. The van der Waals surface area contributed by atoms with Gasteiger partial charge in [-0.2, -0.15) is 0 Å². The van der Waals surface area contributed by atoms with Crippen molar-refractivity contribution in [1.29, 1.82) is 0 Å². The zero-order valence-corrected chi connectivity index (χ0v) is 38.2. The van der Waals surface area contributed by atoms with E-state index in [0.29, 0.717) is 19.8 Å². The number of hydrogen-bond donors (Lipinski definition) is 5. The van der Waals surface area contributed by atoms with Gasteiger partial charge < -0.3 is 82.9 Å². The van der Waals surface area contributed by atoms with Crippen LogP contribution in [0.3, 0.4) is 0 Å². The molecule has 0 aliphatic heterocycles. The third kappa shape index (κ3) is 56.8. The smallest absolute Gasteiger partial charge is 0.335 e. The number of hydrogen-bond acceptors (Lipinski definition) is 17. The number of nitrogens with zero attached hydrogens (tertiary/aromatic N) is 3. The van der Waals surface area contributed by atoms with E-state index in [2.05, 4.69) is 0 Å². The average Bonchev–Trinajstić information content (AvgIpc) is 3.05. The first kappa shape index (κ1) is 66.3. The molecule has 0 rings (SSSR count). The summed E-state index contributed by atoms with van der Waals surface area (Å²) in [5.74, 6) is -5.76. The molecular weight excluding hydrogens is 770 g/mol. The standard InChI is InChI=1S/3C10H22NO3.C4H8O3.C2H4O3.C2H4O2/c3*1-8(2)9(12)10(13)14-7-6-11(3,4)5;1-2-3(5)4(6)7;3-1-2(4)5;1-2(3)4/h3*8-9,12H,6-7H2,1-5H3;3,5H,2H2,1H3,(H,6,7);3H,1H2,(H,4,5);1H3,(H,3,4)/q3*+1;;;/p-3. The zero-order valence-electron chi connectivity index (χ0n) is 38.2. The Morgan fingerprint density at radius 3 is 0.793 bits per heavy atom. The van der Waals surface area contributed by atoms with Crippen LogP contribution in [0.5, 0.6) is 0 Å². The first-order chi connectivity index (χ1) is 25.9. The van der Waals surface area contributed by atoms with E-state index in [9.17, 15) is 39.6 Å². The highest BCUT2D eigenvalue weighted by molar-refractivity contribution is 5.75. The van der Waals surface area contributed by atoms with Crippen molar-refractivity contribution in [2.45, 2.75) is 86.2 Å². The molecule has 0 radical (unpaired) electrons. The number of ether oxygens (including phenoxy) is 3. The van der Waals surface area contributed by atoms with Crippen LogP contribution < -0.4 is 15.3 Å². The van der Waals surface area contributed by atoms with E-state index in [-0.39, 0.29) is 24.2 Å². The van der Waals surface area contributed by atoms with Crippen molar-refractivity contribution in [3.05, 3.63) is 0 Å². The van der Waals surface area contributed by atoms with Crippen molar-refractivity contribution in [3.63, 3.8) is 0 Å². The summed E-state index contributed by atoms with van der Waals surface area (Å²) in [6.45, 7) is 15.7. The van der Waals surface area contributed by atoms with Gasteiger partial charge >= 0.3 is 17.9 Å². The molecule has 0 bridgehead atoms. The van der Waals surface area contributed by atoms with Crippen LogP contribution in [0, 0.1) is 17.8 Å². The van der Waals surface area contributed by atoms with Gasteiger partial charge in [-0.1, -0.05) is 48.5 Å². The number of carboxylic acid groups (broad SMARTS) is 3. The second-order valence-electron chi connectivity index (χ2n) is 16.9. The summed E-state index contributed by atoms with van der Waals surface area (Å²) in [6.07, 6.45) is -4.07. The Morgan fingerprint density at radius 1 is 0.517 bits per heavy atom. The van der Waals surface area contributed by atoms with Crippen molar-refractivity contribution in [2.75, 3.05) is 109 Å². The normalized spacial score (nSPS) is 13.0.